The van der Waals surface area contributed by atoms with Gasteiger partial charge in [-0.1, -0.05) is 18.2 Å². The van der Waals surface area contributed by atoms with Crippen LogP contribution in [0.3, 0.4) is 0 Å². The molecule has 0 fully saturated rings. The van der Waals surface area contributed by atoms with Gasteiger partial charge < -0.3 is 11.1 Å². The first-order chi connectivity index (χ1) is 9.25. The maximum Gasteiger partial charge on any atom is 0.146 e. The molecule has 0 amide bonds. The molecule has 0 saturated carbocycles. The third kappa shape index (κ3) is 2.08. The molecule has 2 heterocycles. The molecule has 6 heteroatoms. The number of aromatic nitrogens is 4. The SMILES string of the molecule is CC(Nc1c(N)cnc2ccccc12)c1ncn[nH]1. The second-order valence-corrected chi connectivity index (χ2v) is 4.34. The van der Waals surface area contributed by atoms with Gasteiger partial charge in [-0.25, -0.2) is 4.98 Å². The van der Waals surface area contributed by atoms with Gasteiger partial charge in [-0.15, -0.1) is 0 Å². The van der Waals surface area contributed by atoms with E-state index in [1.165, 1.54) is 6.33 Å². The molecule has 3 aromatic rings. The summed E-state index contributed by atoms with van der Waals surface area (Å²) in [4.78, 5) is 8.45. The molecule has 0 aliphatic carbocycles. The summed E-state index contributed by atoms with van der Waals surface area (Å²) >= 11 is 0. The van der Waals surface area contributed by atoms with Crippen molar-refractivity contribution in [2.45, 2.75) is 13.0 Å². The van der Waals surface area contributed by atoms with E-state index in [4.69, 9.17) is 5.73 Å². The van der Waals surface area contributed by atoms with E-state index in [0.29, 0.717) is 5.69 Å². The minimum atomic E-state index is -0.0180. The molecule has 0 spiro atoms. The minimum absolute atomic E-state index is 0.0180. The molecule has 0 aliphatic heterocycles. The number of rotatable bonds is 3. The minimum Gasteiger partial charge on any atom is -0.396 e. The number of benzene rings is 1. The quantitative estimate of drug-likeness (QED) is 0.665. The fraction of sp³-hybridized carbons (Fsp3) is 0.154. The van der Waals surface area contributed by atoms with Crippen molar-refractivity contribution in [3.8, 4) is 0 Å². The summed E-state index contributed by atoms with van der Waals surface area (Å²) in [5.41, 5.74) is 8.41. The van der Waals surface area contributed by atoms with Crippen LogP contribution in [0.2, 0.25) is 0 Å². The zero-order valence-electron chi connectivity index (χ0n) is 10.5. The van der Waals surface area contributed by atoms with E-state index in [-0.39, 0.29) is 6.04 Å². The number of fused-ring (bicyclic) bond motifs is 1. The number of nitrogens with zero attached hydrogens (tertiary/aromatic N) is 3. The Hall–Kier alpha value is -2.63. The maximum absolute atomic E-state index is 6.02. The fourth-order valence-electron chi connectivity index (χ4n) is 2.03. The van der Waals surface area contributed by atoms with Crippen molar-refractivity contribution in [3.63, 3.8) is 0 Å². The third-order valence-corrected chi connectivity index (χ3v) is 3.01. The molecular weight excluding hydrogens is 240 g/mol. The van der Waals surface area contributed by atoms with Crippen LogP contribution in [0.15, 0.2) is 36.8 Å². The Morgan fingerprint density at radius 1 is 1.26 bits per heavy atom. The molecule has 0 saturated heterocycles. The Morgan fingerprint density at radius 3 is 2.89 bits per heavy atom. The number of hydrogen-bond donors (Lipinski definition) is 3. The number of para-hydroxylation sites is 1. The number of pyridine rings is 1. The first kappa shape index (κ1) is 11.5. The van der Waals surface area contributed by atoms with Crippen LogP contribution in [0, 0.1) is 0 Å². The lowest BCUT2D eigenvalue weighted by Gasteiger charge is -2.16. The number of aromatic amines is 1. The van der Waals surface area contributed by atoms with Crippen LogP contribution in [0.25, 0.3) is 10.9 Å². The van der Waals surface area contributed by atoms with Crippen LogP contribution in [0.5, 0.6) is 0 Å². The van der Waals surface area contributed by atoms with Gasteiger partial charge in [0.15, 0.2) is 0 Å². The van der Waals surface area contributed by atoms with E-state index < -0.39 is 0 Å². The van der Waals surface area contributed by atoms with Gasteiger partial charge in [0, 0.05) is 5.39 Å². The Balaban J connectivity index is 2.02. The van der Waals surface area contributed by atoms with Gasteiger partial charge in [-0.05, 0) is 13.0 Å². The second kappa shape index (κ2) is 4.56. The van der Waals surface area contributed by atoms with Crippen molar-refractivity contribution < 1.29 is 0 Å². The van der Waals surface area contributed by atoms with Crippen molar-refractivity contribution in [2.24, 2.45) is 0 Å². The Bertz CT molecular complexity index is 691. The number of H-pyrrole nitrogens is 1. The number of nitrogen functional groups attached to an aromatic ring is 1. The van der Waals surface area contributed by atoms with E-state index >= 15 is 0 Å². The zero-order valence-corrected chi connectivity index (χ0v) is 10.5. The lowest BCUT2D eigenvalue weighted by molar-refractivity contribution is 0.797. The van der Waals surface area contributed by atoms with Gasteiger partial charge in [-0.2, -0.15) is 5.10 Å². The van der Waals surface area contributed by atoms with E-state index in [9.17, 15) is 0 Å². The summed E-state index contributed by atoms with van der Waals surface area (Å²) in [6, 6.07) is 7.85. The van der Waals surface area contributed by atoms with E-state index in [1.54, 1.807) is 6.20 Å². The maximum atomic E-state index is 6.02. The topological polar surface area (TPSA) is 92.5 Å². The lowest BCUT2D eigenvalue weighted by Crippen LogP contribution is -2.10. The van der Waals surface area contributed by atoms with Crippen LogP contribution in [0.1, 0.15) is 18.8 Å². The fourth-order valence-corrected chi connectivity index (χ4v) is 2.03. The highest BCUT2D eigenvalue weighted by atomic mass is 15.2. The molecule has 0 radical (unpaired) electrons. The van der Waals surface area contributed by atoms with E-state index in [2.05, 4.69) is 25.5 Å². The first-order valence-corrected chi connectivity index (χ1v) is 6.00. The smallest absolute Gasteiger partial charge is 0.146 e. The molecule has 2 aromatic heterocycles. The van der Waals surface area contributed by atoms with E-state index in [1.807, 2.05) is 31.2 Å². The number of nitrogens with two attached hydrogens (primary N) is 1. The first-order valence-electron chi connectivity index (χ1n) is 6.00. The molecule has 1 aromatic carbocycles. The molecule has 0 bridgehead atoms. The second-order valence-electron chi connectivity index (χ2n) is 4.34. The highest BCUT2D eigenvalue weighted by molar-refractivity contribution is 5.96. The molecule has 1 unspecified atom stereocenters. The molecule has 19 heavy (non-hydrogen) atoms. The summed E-state index contributed by atoms with van der Waals surface area (Å²) in [5.74, 6) is 0.764. The summed E-state index contributed by atoms with van der Waals surface area (Å²) in [6.07, 6.45) is 3.15. The standard InChI is InChI=1S/C13H14N6/c1-8(13-16-7-17-19-13)18-12-9-4-2-3-5-11(9)15-6-10(12)14/h2-8H,14H2,1H3,(H,15,18)(H,16,17,19). The lowest BCUT2D eigenvalue weighted by atomic mass is 10.1. The third-order valence-electron chi connectivity index (χ3n) is 3.01. The largest absolute Gasteiger partial charge is 0.396 e. The van der Waals surface area contributed by atoms with E-state index in [0.717, 1.165) is 22.4 Å². The van der Waals surface area contributed by atoms with Gasteiger partial charge in [-0.3, -0.25) is 10.1 Å². The monoisotopic (exact) mass is 254 g/mol. The average Bonchev–Trinajstić information content (AvgIpc) is 2.96. The van der Waals surface area contributed by atoms with Gasteiger partial charge in [0.1, 0.15) is 12.2 Å². The van der Waals surface area contributed by atoms with Crippen molar-refractivity contribution >= 4 is 22.3 Å². The normalized spacial score (nSPS) is 12.5. The summed E-state index contributed by atoms with van der Waals surface area (Å²) in [5, 5.41) is 11.0. The summed E-state index contributed by atoms with van der Waals surface area (Å²) in [7, 11) is 0. The number of hydrogen-bond acceptors (Lipinski definition) is 5. The van der Waals surface area contributed by atoms with Gasteiger partial charge in [0.25, 0.3) is 0 Å². The molecule has 6 nitrogen and oxygen atoms in total. The molecular formula is C13H14N6. The summed E-state index contributed by atoms with van der Waals surface area (Å²) < 4.78 is 0. The highest BCUT2D eigenvalue weighted by Gasteiger charge is 2.12. The van der Waals surface area contributed by atoms with Gasteiger partial charge in [0.05, 0.1) is 29.1 Å². The van der Waals surface area contributed by atoms with Crippen molar-refractivity contribution in [1.82, 2.24) is 20.2 Å². The highest BCUT2D eigenvalue weighted by Crippen LogP contribution is 2.30. The van der Waals surface area contributed by atoms with Gasteiger partial charge in [0.2, 0.25) is 0 Å². The summed E-state index contributed by atoms with van der Waals surface area (Å²) in [6.45, 7) is 2.00. The van der Waals surface area contributed by atoms with Crippen LogP contribution in [-0.2, 0) is 0 Å². The predicted molar refractivity (Wildman–Crippen MR) is 74.6 cm³/mol. The van der Waals surface area contributed by atoms with Crippen LogP contribution in [-0.4, -0.2) is 20.2 Å². The van der Waals surface area contributed by atoms with Crippen LogP contribution in [0.4, 0.5) is 11.4 Å². The Kier molecular flexibility index (Phi) is 2.75. The molecule has 1 atom stereocenters. The van der Waals surface area contributed by atoms with Crippen LogP contribution >= 0.6 is 0 Å². The van der Waals surface area contributed by atoms with Crippen molar-refractivity contribution in [1.29, 1.82) is 0 Å². The average molecular weight is 254 g/mol. The van der Waals surface area contributed by atoms with Crippen molar-refractivity contribution in [3.05, 3.63) is 42.6 Å². The Labute approximate surface area is 110 Å². The molecule has 3 rings (SSSR count). The Morgan fingerprint density at radius 2 is 2.11 bits per heavy atom. The molecule has 4 N–H and O–H groups in total. The van der Waals surface area contributed by atoms with Crippen LogP contribution < -0.4 is 11.1 Å². The number of nitrogens with one attached hydrogen (secondary N) is 2. The number of anilines is 2. The predicted octanol–water partition coefficient (Wildman–Crippen LogP) is 2.11. The zero-order chi connectivity index (χ0) is 13.2. The van der Waals surface area contributed by atoms with Gasteiger partial charge >= 0.3 is 0 Å². The molecule has 0 aliphatic rings. The van der Waals surface area contributed by atoms with Crippen molar-refractivity contribution in [2.75, 3.05) is 11.1 Å². The molecule has 96 valence electrons.